The number of carbonyl (C=O) groups excluding carboxylic acids is 1. The molecule has 132 valence electrons. The van der Waals surface area contributed by atoms with E-state index in [1.54, 1.807) is 0 Å². The van der Waals surface area contributed by atoms with Crippen molar-refractivity contribution in [3.63, 3.8) is 0 Å². The Labute approximate surface area is 146 Å². The third-order valence-corrected chi connectivity index (χ3v) is 4.58. The molecule has 0 aliphatic carbocycles. The summed E-state index contributed by atoms with van der Waals surface area (Å²) in [7, 11) is 0. The van der Waals surface area contributed by atoms with Crippen LogP contribution in [0.4, 0.5) is 9.93 Å². The molecule has 0 radical (unpaired) electrons. The molecule has 0 aliphatic rings. The number of hydrogen-bond acceptors (Lipinski definition) is 6. The highest BCUT2D eigenvalue weighted by atomic mass is 32.1. The number of rotatable bonds is 9. The Kier molecular flexibility index (Phi) is 7.20. The smallest absolute Gasteiger partial charge is 0.321 e. The minimum Gasteiger partial charge on any atom is -0.466 e. The van der Waals surface area contributed by atoms with Crippen LogP contribution in [0.2, 0.25) is 0 Å². The number of nitrogens with zero attached hydrogens (tertiary/aromatic N) is 3. The number of urea groups is 1. The summed E-state index contributed by atoms with van der Waals surface area (Å²) in [5, 5.41) is 15.1. The van der Waals surface area contributed by atoms with Gasteiger partial charge in [0.1, 0.15) is 16.5 Å². The minimum atomic E-state index is -0.273. The number of furan rings is 1. The number of hydrogen-bond donors (Lipinski definition) is 2. The van der Waals surface area contributed by atoms with E-state index in [2.05, 4.69) is 39.6 Å². The minimum absolute atomic E-state index is 0.273. The molecule has 0 atom stereocenters. The number of likely N-dealkylation sites (N-methyl/N-ethyl adjacent to an activating group) is 1. The lowest BCUT2D eigenvalue weighted by atomic mass is 10.3. The predicted molar refractivity (Wildman–Crippen MR) is 95.6 cm³/mol. The number of anilines is 1. The molecule has 0 saturated heterocycles. The number of aryl methyl sites for hydroxylation is 1. The SMILES string of the molecule is CCN(CC)CCc1nnc(NC(=O)NCCc2ccc(C)o2)s1. The molecule has 2 amide bonds. The Hall–Kier alpha value is -1.93. The van der Waals surface area contributed by atoms with E-state index in [1.165, 1.54) is 11.3 Å². The lowest BCUT2D eigenvalue weighted by Crippen LogP contribution is -2.30. The largest absolute Gasteiger partial charge is 0.466 e. The predicted octanol–water partition coefficient (Wildman–Crippen LogP) is 2.69. The Morgan fingerprint density at radius 3 is 2.71 bits per heavy atom. The highest BCUT2D eigenvalue weighted by Gasteiger charge is 2.09. The van der Waals surface area contributed by atoms with Crippen LogP contribution in [0, 0.1) is 6.92 Å². The summed E-state index contributed by atoms with van der Waals surface area (Å²) in [4.78, 5) is 14.2. The lowest BCUT2D eigenvalue weighted by Gasteiger charge is -2.16. The van der Waals surface area contributed by atoms with Gasteiger partial charge in [-0.05, 0) is 32.1 Å². The quantitative estimate of drug-likeness (QED) is 0.726. The highest BCUT2D eigenvalue weighted by molar-refractivity contribution is 7.15. The van der Waals surface area contributed by atoms with Crippen molar-refractivity contribution >= 4 is 22.5 Å². The molecule has 0 fully saturated rings. The van der Waals surface area contributed by atoms with Crippen LogP contribution >= 0.6 is 11.3 Å². The van der Waals surface area contributed by atoms with Gasteiger partial charge in [0.2, 0.25) is 5.13 Å². The first-order chi connectivity index (χ1) is 11.6. The normalized spacial score (nSPS) is 11.0. The molecule has 2 aromatic rings. The molecule has 2 rings (SSSR count). The van der Waals surface area contributed by atoms with E-state index < -0.39 is 0 Å². The monoisotopic (exact) mass is 351 g/mol. The van der Waals surface area contributed by atoms with Crippen molar-refractivity contribution in [2.45, 2.75) is 33.6 Å². The van der Waals surface area contributed by atoms with Gasteiger partial charge in [-0.25, -0.2) is 4.79 Å². The Bertz CT molecular complexity index is 636. The summed E-state index contributed by atoms with van der Waals surface area (Å²) in [6.45, 7) is 9.70. The zero-order chi connectivity index (χ0) is 17.4. The summed E-state index contributed by atoms with van der Waals surface area (Å²) < 4.78 is 5.46. The van der Waals surface area contributed by atoms with Gasteiger partial charge in [-0.1, -0.05) is 25.2 Å². The average Bonchev–Trinajstić information content (AvgIpc) is 3.17. The molecule has 0 bridgehead atoms. The first-order valence-electron chi connectivity index (χ1n) is 8.25. The number of aromatic nitrogens is 2. The summed E-state index contributed by atoms with van der Waals surface area (Å²) in [6, 6.07) is 3.56. The third-order valence-electron chi connectivity index (χ3n) is 3.68. The van der Waals surface area contributed by atoms with Crippen LogP contribution in [0.25, 0.3) is 0 Å². The zero-order valence-electron chi connectivity index (χ0n) is 14.5. The first kappa shape index (κ1) is 18.4. The molecule has 0 unspecified atom stereocenters. The van der Waals surface area contributed by atoms with Crippen molar-refractivity contribution in [2.24, 2.45) is 0 Å². The van der Waals surface area contributed by atoms with Gasteiger partial charge in [0, 0.05) is 25.9 Å². The van der Waals surface area contributed by atoms with Crippen LogP contribution in [0.3, 0.4) is 0 Å². The summed E-state index contributed by atoms with van der Waals surface area (Å²) >= 11 is 1.42. The maximum Gasteiger partial charge on any atom is 0.321 e. The first-order valence-corrected chi connectivity index (χ1v) is 9.07. The number of amides is 2. The molecule has 8 heteroatoms. The van der Waals surface area contributed by atoms with Gasteiger partial charge in [0.05, 0.1) is 0 Å². The summed E-state index contributed by atoms with van der Waals surface area (Å²) in [5.74, 6) is 1.74. The molecular formula is C16H25N5O2S. The van der Waals surface area contributed by atoms with Crippen molar-refractivity contribution < 1.29 is 9.21 Å². The highest BCUT2D eigenvalue weighted by Crippen LogP contribution is 2.15. The molecule has 2 aromatic heterocycles. The second-order valence-corrected chi connectivity index (χ2v) is 6.48. The second kappa shape index (κ2) is 9.39. The van der Waals surface area contributed by atoms with Crippen LogP contribution in [-0.4, -0.2) is 47.3 Å². The molecule has 0 aromatic carbocycles. The van der Waals surface area contributed by atoms with E-state index in [0.717, 1.165) is 42.6 Å². The zero-order valence-corrected chi connectivity index (χ0v) is 15.3. The van der Waals surface area contributed by atoms with Crippen LogP contribution in [0.5, 0.6) is 0 Å². The van der Waals surface area contributed by atoms with Crippen molar-refractivity contribution in [3.05, 3.63) is 28.7 Å². The van der Waals surface area contributed by atoms with Gasteiger partial charge < -0.3 is 14.6 Å². The van der Waals surface area contributed by atoms with Crippen LogP contribution in [-0.2, 0) is 12.8 Å². The molecule has 2 N–H and O–H groups in total. The van der Waals surface area contributed by atoms with E-state index in [9.17, 15) is 4.79 Å². The average molecular weight is 351 g/mol. The molecule has 0 spiro atoms. The maximum absolute atomic E-state index is 11.9. The van der Waals surface area contributed by atoms with Gasteiger partial charge in [0.25, 0.3) is 0 Å². The summed E-state index contributed by atoms with van der Waals surface area (Å²) in [5.41, 5.74) is 0. The number of nitrogens with one attached hydrogen (secondary N) is 2. The van der Waals surface area contributed by atoms with Crippen molar-refractivity contribution in [2.75, 3.05) is 31.5 Å². The Balaban J connectivity index is 1.70. The number of carbonyl (C=O) groups is 1. The van der Waals surface area contributed by atoms with E-state index in [-0.39, 0.29) is 6.03 Å². The van der Waals surface area contributed by atoms with Crippen LogP contribution in [0.1, 0.15) is 30.4 Å². The second-order valence-electron chi connectivity index (χ2n) is 5.42. The maximum atomic E-state index is 11.9. The van der Waals surface area contributed by atoms with Gasteiger partial charge in [0.15, 0.2) is 0 Å². The van der Waals surface area contributed by atoms with Gasteiger partial charge in [-0.15, -0.1) is 10.2 Å². The van der Waals surface area contributed by atoms with Crippen LogP contribution < -0.4 is 10.6 Å². The molecule has 2 heterocycles. The standard InChI is InChI=1S/C16H25N5O2S/c1-4-21(5-2)11-9-14-19-20-16(24-14)18-15(22)17-10-8-13-7-6-12(3)23-13/h6-7H,4-5,8-11H2,1-3H3,(H2,17,18,20,22). The van der Waals surface area contributed by atoms with Gasteiger partial charge in [-0.2, -0.15) is 0 Å². The van der Waals surface area contributed by atoms with Crippen LogP contribution in [0.15, 0.2) is 16.5 Å². The van der Waals surface area contributed by atoms with E-state index in [1.807, 2.05) is 19.1 Å². The van der Waals surface area contributed by atoms with Crippen molar-refractivity contribution in [1.82, 2.24) is 20.4 Å². The topological polar surface area (TPSA) is 83.3 Å². The van der Waals surface area contributed by atoms with Crippen molar-refractivity contribution in [1.29, 1.82) is 0 Å². The lowest BCUT2D eigenvalue weighted by molar-refractivity contribution is 0.252. The third kappa shape index (κ3) is 5.93. The molecule has 0 aliphatic heterocycles. The molecule has 24 heavy (non-hydrogen) atoms. The van der Waals surface area contributed by atoms with Gasteiger partial charge >= 0.3 is 6.03 Å². The van der Waals surface area contributed by atoms with E-state index in [4.69, 9.17) is 4.42 Å². The van der Waals surface area contributed by atoms with E-state index >= 15 is 0 Å². The fourth-order valence-electron chi connectivity index (χ4n) is 2.26. The Morgan fingerprint density at radius 1 is 1.25 bits per heavy atom. The van der Waals surface area contributed by atoms with E-state index in [0.29, 0.717) is 18.1 Å². The Morgan fingerprint density at radius 2 is 2.04 bits per heavy atom. The molecule has 0 saturated carbocycles. The molecule has 7 nitrogen and oxygen atoms in total. The van der Waals surface area contributed by atoms with Gasteiger partial charge in [-0.3, -0.25) is 5.32 Å². The fraction of sp³-hybridized carbons (Fsp3) is 0.562. The summed E-state index contributed by atoms with van der Waals surface area (Å²) in [6.07, 6.45) is 1.51. The van der Waals surface area contributed by atoms with Crippen molar-refractivity contribution in [3.8, 4) is 0 Å². The molecular weight excluding hydrogens is 326 g/mol. The fourth-order valence-corrected chi connectivity index (χ4v) is 2.98.